The molecule has 0 spiro atoms. The maximum absolute atomic E-state index is 12.7. The number of methoxy groups -OCH3 is 1. The van der Waals surface area contributed by atoms with Gasteiger partial charge in [0.25, 0.3) is 0 Å². The highest BCUT2D eigenvalue weighted by Gasteiger charge is 2.39. The summed E-state index contributed by atoms with van der Waals surface area (Å²) in [5.74, 6) is 0.123. The molecule has 0 unspecified atom stereocenters. The van der Waals surface area contributed by atoms with Crippen LogP contribution >= 0.6 is 11.3 Å². The second kappa shape index (κ2) is 9.21. The van der Waals surface area contributed by atoms with Gasteiger partial charge in [-0.1, -0.05) is 0 Å². The minimum atomic E-state index is -0.379. The van der Waals surface area contributed by atoms with E-state index in [0.717, 1.165) is 55.0 Å². The zero-order valence-corrected chi connectivity index (χ0v) is 16.0. The molecule has 1 aliphatic heterocycles. The van der Waals surface area contributed by atoms with Gasteiger partial charge in [-0.3, -0.25) is 9.78 Å². The molecule has 0 atom stereocenters. The summed E-state index contributed by atoms with van der Waals surface area (Å²) in [5, 5.41) is 9.59. The predicted octanol–water partition coefficient (Wildman–Crippen LogP) is 2.27. The summed E-state index contributed by atoms with van der Waals surface area (Å²) in [7, 11) is 1.67. The number of aryl methyl sites for hydroxylation is 1. The molecule has 0 aliphatic carbocycles. The van der Waals surface area contributed by atoms with Gasteiger partial charge in [0.05, 0.1) is 22.7 Å². The number of hydrogen-bond acceptors (Lipinski definition) is 6. The third-order valence-corrected chi connectivity index (χ3v) is 5.75. The van der Waals surface area contributed by atoms with Crippen LogP contribution < -0.4 is 10.6 Å². The molecule has 1 fully saturated rings. The molecule has 2 aromatic rings. The monoisotopic (exact) mass is 374 g/mol. The molecule has 0 saturated carbocycles. The van der Waals surface area contributed by atoms with Crippen LogP contribution in [0.2, 0.25) is 0 Å². The van der Waals surface area contributed by atoms with E-state index in [1.165, 1.54) is 0 Å². The number of carbonyl (C=O) groups is 1. The average molecular weight is 375 g/mol. The molecule has 0 aromatic carbocycles. The maximum Gasteiger partial charge on any atom is 0.228 e. The Kier molecular flexibility index (Phi) is 6.71. The standard InChI is InChI=1S/C19H26N4O2S/c1-25-14-19(6-11-21-12-7-19)18(24)22-8-2-3-17-23-16(13-26-17)15-4-9-20-10-5-15/h4-5,9-10,13,21H,2-3,6-8,11-12,14H2,1H3,(H,22,24). The lowest BCUT2D eigenvalue weighted by atomic mass is 9.78. The molecule has 3 heterocycles. The van der Waals surface area contributed by atoms with Crippen LogP contribution in [-0.4, -0.2) is 49.2 Å². The lowest BCUT2D eigenvalue weighted by Gasteiger charge is -2.35. The molecule has 1 saturated heterocycles. The molecule has 26 heavy (non-hydrogen) atoms. The van der Waals surface area contributed by atoms with Crippen molar-refractivity contribution >= 4 is 17.2 Å². The fourth-order valence-electron chi connectivity index (χ4n) is 3.33. The summed E-state index contributed by atoms with van der Waals surface area (Å²) in [5.41, 5.74) is 1.70. The Labute approximate surface area is 158 Å². The van der Waals surface area contributed by atoms with Gasteiger partial charge in [-0.05, 0) is 44.5 Å². The van der Waals surface area contributed by atoms with E-state index in [1.54, 1.807) is 30.8 Å². The fraction of sp³-hybridized carbons (Fsp3) is 0.526. The van der Waals surface area contributed by atoms with Gasteiger partial charge in [-0.25, -0.2) is 4.98 Å². The summed E-state index contributed by atoms with van der Waals surface area (Å²) >= 11 is 1.67. The average Bonchev–Trinajstić information content (AvgIpc) is 3.16. The quantitative estimate of drug-likeness (QED) is 0.693. The van der Waals surface area contributed by atoms with E-state index in [1.807, 2.05) is 12.1 Å². The number of pyridine rings is 1. The second-order valence-corrected chi connectivity index (χ2v) is 7.63. The highest BCUT2D eigenvalue weighted by atomic mass is 32.1. The van der Waals surface area contributed by atoms with E-state index < -0.39 is 0 Å². The van der Waals surface area contributed by atoms with Crippen molar-refractivity contribution in [1.82, 2.24) is 20.6 Å². The third kappa shape index (κ3) is 4.66. The van der Waals surface area contributed by atoms with Gasteiger partial charge >= 0.3 is 0 Å². The maximum atomic E-state index is 12.7. The fourth-order valence-corrected chi connectivity index (χ4v) is 4.18. The number of nitrogens with one attached hydrogen (secondary N) is 2. The largest absolute Gasteiger partial charge is 0.384 e. The van der Waals surface area contributed by atoms with Crippen molar-refractivity contribution in [3.8, 4) is 11.3 Å². The number of ether oxygens (including phenoxy) is 1. The van der Waals surface area contributed by atoms with Crippen molar-refractivity contribution in [2.24, 2.45) is 5.41 Å². The van der Waals surface area contributed by atoms with E-state index in [4.69, 9.17) is 4.74 Å². The van der Waals surface area contributed by atoms with Crippen molar-refractivity contribution in [1.29, 1.82) is 0 Å². The minimum Gasteiger partial charge on any atom is -0.384 e. The summed E-state index contributed by atoms with van der Waals surface area (Å²) < 4.78 is 5.32. The normalized spacial score (nSPS) is 16.3. The van der Waals surface area contributed by atoms with Gasteiger partial charge < -0.3 is 15.4 Å². The van der Waals surface area contributed by atoms with E-state index >= 15 is 0 Å². The van der Waals surface area contributed by atoms with Gasteiger partial charge in [0.2, 0.25) is 5.91 Å². The van der Waals surface area contributed by atoms with E-state index in [-0.39, 0.29) is 11.3 Å². The molecule has 7 heteroatoms. The van der Waals surface area contributed by atoms with Crippen LogP contribution in [0.25, 0.3) is 11.3 Å². The van der Waals surface area contributed by atoms with E-state index in [2.05, 4.69) is 26.0 Å². The van der Waals surface area contributed by atoms with E-state index in [0.29, 0.717) is 13.2 Å². The van der Waals surface area contributed by atoms with Gasteiger partial charge in [0, 0.05) is 43.4 Å². The molecule has 0 bridgehead atoms. The number of piperidine rings is 1. The second-order valence-electron chi connectivity index (χ2n) is 6.69. The van der Waals surface area contributed by atoms with Crippen molar-refractivity contribution in [2.45, 2.75) is 25.7 Å². The zero-order valence-electron chi connectivity index (χ0n) is 15.2. The first-order chi connectivity index (χ1) is 12.7. The van der Waals surface area contributed by atoms with Crippen molar-refractivity contribution < 1.29 is 9.53 Å². The minimum absolute atomic E-state index is 0.123. The van der Waals surface area contributed by atoms with Crippen molar-refractivity contribution in [2.75, 3.05) is 33.4 Å². The number of amides is 1. The molecule has 1 amide bonds. The Morgan fingerprint density at radius 2 is 2.12 bits per heavy atom. The molecule has 2 aromatic heterocycles. The Morgan fingerprint density at radius 3 is 2.85 bits per heavy atom. The Hall–Kier alpha value is -1.83. The molecule has 0 radical (unpaired) electrons. The molecular formula is C19H26N4O2S. The first-order valence-electron chi connectivity index (χ1n) is 9.06. The van der Waals surface area contributed by atoms with Gasteiger partial charge in [-0.15, -0.1) is 11.3 Å². The molecular weight excluding hydrogens is 348 g/mol. The lowest BCUT2D eigenvalue weighted by molar-refractivity contribution is -0.136. The van der Waals surface area contributed by atoms with Crippen molar-refractivity contribution in [3.05, 3.63) is 34.9 Å². The predicted molar refractivity (Wildman–Crippen MR) is 103 cm³/mol. The van der Waals surface area contributed by atoms with Gasteiger partial charge in [0.15, 0.2) is 0 Å². The Bertz CT molecular complexity index is 693. The zero-order chi connectivity index (χ0) is 18.2. The summed E-state index contributed by atoms with van der Waals surface area (Å²) in [6, 6.07) is 3.93. The lowest BCUT2D eigenvalue weighted by Crippen LogP contribution is -2.50. The van der Waals surface area contributed by atoms with E-state index in [9.17, 15) is 4.79 Å². The number of hydrogen-bond donors (Lipinski definition) is 2. The van der Waals surface area contributed by atoms with Crippen LogP contribution in [-0.2, 0) is 16.0 Å². The third-order valence-electron chi connectivity index (χ3n) is 4.84. The van der Waals surface area contributed by atoms with Crippen molar-refractivity contribution in [3.63, 3.8) is 0 Å². The van der Waals surface area contributed by atoms with Crippen LogP contribution in [0.1, 0.15) is 24.3 Å². The number of aromatic nitrogens is 2. The summed E-state index contributed by atoms with van der Waals surface area (Å²) in [4.78, 5) is 21.4. The molecule has 6 nitrogen and oxygen atoms in total. The first-order valence-corrected chi connectivity index (χ1v) is 9.94. The summed E-state index contributed by atoms with van der Waals surface area (Å²) in [6.07, 6.45) is 6.97. The Morgan fingerprint density at radius 1 is 1.35 bits per heavy atom. The van der Waals surface area contributed by atoms with Crippen LogP contribution in [0, 0.1) is 5.41 Å². The number of thiazole rings is 1. The first kappa shape index (κ1) is 18.9. The highest BCUT2D eigenvalue weighted by molar-refractivity contribution is 7.09. The molecule has 2 N–H and O–H groups in total. The molecule has 3 rings (SSSR count). The molecule has 140 valence electrons. The van der Waals surface area contributed by atoms with Crippen LogP contribution in [0.5, 0.6) is 0 Å². The SMILES string of the molecule is COCC1(C(=O)NCCCc2nc(-c3ccncc3)cs2)CCNCC1. The smallest absolute Gasteiger partial charge is 0.228 e. The molecule has 1 aliphatic rings. The topological polar surface area (TPSA) is 76.1 Å². The number of rotatable bonds is 8. The van der Waals surface area contributed by atoms with Crippen LogP contribution in [0.4, 0.5) is 0 Å². The summed E-state index contributed by atoms with van der Waals surface area (Å²) in [6.45, 7) is 2.89. The van der Waals surface area contributed by atoms with Crippen LogP contribution in [0.15, 0.2) is 29.9 Å². The number of carbonyl (C=O) groups excluding carboxylic acids is 1. The number of nitrogens with zero attached hydrogens (tertiary/aromatic N) is 2. The van der Waals surface area contributed by atoms with Crippen LogP contribution in [0.3, 0.4) is 0 Å². The highest BCUT2D eigenvalue weighted by Crippen LogP contribution is 2.29. The van der Waals surface area contributed by atoms with Gasteiger partial charge in [0.1, 0.15) is 0 Å². The van der Waals surface area contributed by atoms with Gasteiger partial charge in [-0.2, -0.15) is 0 Å². The Balaban J connectivity index is 1.46.